The number of halogens is 1. The molecule has 3 rings (SSSR count). The lowest BCUT2D eigenvalue weighted by molar-refractivity contribution is 0.0930. The number of hydrogen-bond donors (Lipinski definition) is 2. The Hall–Kier alpha value is -3.22. The van der Waals surface area contributed by atoms with Gasteiger partial charge in [-0.3, -0.25) is 9.59 Å². The van der Waals surface area contributed by atoms with Crippen molar-refractivity contribution in [1.29, 1.82) is 0 Å². The molecule has 2 aromatic heterocycles. The first-order valence-corrected chi connectivity index (χ1v) is 7.67. The molecule has 2 N–H and O–H groups in total. The second-order valence-corrected chi connectivity index (χ2v) is 5.51. The van der Waals surface area contributed by atoms with Crippen molar-refractivity contribution in [3.8, 4) is 0 Å². The predicted octanol–water partition coefficient (Wildman–Crippen LogP) is 2.82. The van der Waals surface area contributed by atoms with E-state index >= 15 is 0 Å². The number of nitrogens with one attached hydrogen (secondary N) is 2. The highest BCUT2D eigenvalue weighted by Crippen LogP contribution is 2.24. The Labute approximate surface area is 143 Å². The normalized spacial score (nSPS) is 12.0. The van der Waals surface area contributed by atoms with Gasteiger partial charge < -0.3 is 15.1 Å². The molecular formula is C18H16FN3O3. The van der Waals surface area contributed by atoms with Crippen LogP contribution in [0.5, 0.6) is 0 Å². The van der Waals surface area contributed by atoms with Crippen molar-refractivity contribution >= 4 is 22.8 Å². The maximum Gasteiger partial charge on any atom is 0.270 e. The molecule has 0 spiro atoms. The van der Waals surface area contributed by atoms with E-state index in [9.17, 15) is 14.0 Å². The number of benzene rings is 1. The molecule has 3 aromatic rings. The predicted molar refractivity (Wildman–Crippen MR) is 89.7 cm³/mol. The summed E-state index contributed by atoms with van der Waals surface area (Å²) in [5.74, 6) is -0.671. The molecule has 2 amide bonds. The van der Waals surface area contributed by atoms with Crippen molar-refractivity contribution in [2.75, 3.05) is 7.05 Å². The van der Waals surface area contributed by atoms with Crippen LogP contribution in [0.2, 0.25) is 0 Å². The molecule has 1 aromatic carbocycles. The number of carbonyl (C=O) groups excluding carboxylic acids is 2. The lowest BCUT2D eigenvalue weighted by Crippen LogP contribution is -2.28. The fourth-order valence-corrected chi connectivity index (χ4v) is 2.41. The standard InChI is InChI=1S/C18H16FN3O3/c1-10(16-9-11-8-12(19)6-7-15(11)25-16)21-18(24)14-5-3-4-13(22-14)17(23)20-2/h3-10H,1-2H3,(H,20,23)(H,21,24). The van der Waals surface area contributed by atoms with Crippen LogP contribution < -0.4 is 10.6 Å². The highest BCUT2D eigenvalue weighted by atomic mass is 19.1. The summed E-state index contributed by atoms with van der Waals surface area (Å²) in [6.45, 7) is 1.74. The average Bonchev–Trinajstić information content (AvgIpc) is 3.04. The second kappa shape index (κ2) is 6.72. The molecule has 0 radical (unpaired) electrons. The van der Waals surface area contributed by atoms with E-state index in [2.05, 4.69) is 15.6 Å². The zero-order chi connectivity index (χ0) is 18.0. The number of pyridine rings is 1. The monoisotopic (exact) mass is 341 g/mol. The van der Waals surface area contributed by atoms with Gasteiger partial charge in [-0.1, -0.05) is 6.07 Å². The number of aromatic nitrogens is 1. The third kappa shape index (κ3) is 3.50. The van der Waals surface area contributed by atoms with Gasteiger partial charge in [-0.05, 0) is 43.3 Å². The maximum absolute atomic E-state index is 13.3. The van der Waals surface area contributed by atoms with E-state index < -0.39 is 11.9 Å². The molecule has 128 valence electrons. The largest absolute Gasteiger partial charge is 0.459 e. The van der Waals surface area contributed by atoms with Gasteiger partial charge in [0.05, 0.1) is 6.04 Å². The molecule has 2 heterocycles. The lowest BCUT2D eigenvalue weighted by atomic mass is 10.2. The third-order valence-corrected chi connectivity index (χ3v) is 3.71. The Kier molecular flexibility index (Phi) is 4.47. The summed E-state index contributed by atoms with van der Waals surface area (Å²) in [4.78, 5) is 28.0. The first kappa shape index (κ1) is 16.6. The van der Waals surface area contributed by atoms with Crippen molar-refractivity contribution in [3.05, 3.63) is 65.4 Å². The Bertz CT molecular complexity index is 952. The number of fused-ring (bicyclic) bond motifs is 1. The van der Waals surface area contributed by atoms with E-state index in [4.69, 9.17) is 4.42 Å². The van der Waals surface area contributed by atoms with E-state index in [1.54, 1.807) is 19.1 Å². The molecule has 1 unspecified atom stereocenters. The maximum atomic E-state index is 13.3. The zero-order valence-electron chi connectivity index (χ0n) is 13.7. The minimum atomic E-state index is -0.451. The Balaban J connectivity index is 1.78. The molecule has 0 aliphatic heterocycles. The summed E-state index contributed by atoms with van der Waals surface area (Å²) >= 11 is 0. The Morgan fingerprint density at radius 1 is 1.12 bits per heavy atom. The topological polar surface area (TPSA) is 84.2 Å². The first-order chi connectivity index (χ1) is 12.0. The minimum Gasteiger partial charge on any atom is -0.459 e. The van der Waals surface area contributed by atoms with Crippen LogP contribution in [0.1, 0.15) is 39.7 Å². The minimum absolute atomic E-state index is 0.120. The van der Waals surface area contributed by atoms with Crippen LogP contribution in [0.15, 0.2) is 46.9 Å². The molecule has 6 nitrogen and oxygen atoms in total. The smallest absolute Gasteiger partial charge is 0.270 e. The van der Waals surface area contributed by atoms with Crippen molar-refractivity contribution in [3.63, 3.8) is 0 Å². The quantitative estimate of drug-likeness (QED) is 0.764. The van der Waals surface area contributed by atoms with Crippen molar-refractivity contribution in [2.45, 2.75) is 13.0 Å². The number of amides is 2. The van der Waals surface area contributed by atoms with E-state index in [1.165, 1.54) is 37.4 Å². The second-order valence-electron chi connectivity index (χ2n) is 5.51. The number of furan rings is 1. The van der Waals surface area contributed by atoms with Crippen LogP contribution in [0.3, 0.4) is 0 Å². The third-order valence-electron chi connectivity index (χ3n) is 3.71. The lowest BCUT2D eigenvalue weighted by Gasteiger charge is -2.11. The van der Waals surface area contributed by atoms with E-state index in [0.717, 1.165) is 0 Å². The Morgan fingerprint density at radius 2 is 1.84 bits per heavy atom. The number of hydrogen-bond acceptors (Lipinski definition) is 4. The van der Waals surface area contributed by atoms with E-state index in [0.29, 0.717) is 16.7 Å². The van der Waals surface area contributed by atoms with Gasteiger partial charge in [0.1, 0.15) is 28.5 Å². The summed E-state index contributed by atoms with van der Waals surface area (Å²) < 4.78 is 18.9. The molecule has 7 heteroatoms. The first-order valence-electron chi connectivity index (χ1n) is 7.67. The zero-order valence-corrected chi connectivity index (χ0v) is 13.7. The van der Waals surface area contributed by atoms with Gasteiger partial charge in [-0.2, -0.15) is 0 Å². The van der Waals surface area contributed by atoms with Crippen LogP contribution >= 0.6 is 0 Å². The molecule has 0 fully saturated rings. The summed E-state index contributed by atoms with van der Waals surface area (Å²) in [5.41, 5.74) is 0.814. The molecule has 0 saturated heterocycles. The molecule has 0 bridgehead atoms. The van der Waals surface area contributed by atoms with Gasteiger partial charge in [-0.25, -0.2) is 9.37 Å². The van der Waals surface area contributed by atoms with Crippen LogP contribution in [0.25, 0.3) is 11.0 Å². The summed E-state index contributed by atoms with van der Waals surface area (Å²) in [7, 11) is 1.49. The highest BCUT2D eigenvalue weighted by molar-refractivity contribution is 5.96. The molecular weight excluding hydrogens is 325 g/mol. The van der Waals surface area contributed by atoms with Crippen molar-refractivity contribution < 1.29 is 18.4 Å². The van der Waals surface area contributed by atoms with Gasteiger partial charge in [0.15, 0.2) is 0 Å². The van der Waals surface area contributed by atoms with E-state index in [-0.39, 0.29) is 23.1 Å². The van der Waals surface area contributed by atoms with Crippen LogP contribution in [-0.2, 0) is 0 Å². The van der Waals surface area contributed by atoms with Crippen LogP contribution in [0, 0.1) is 5.82 Å². The fourth-order valence-electron chi connectivity index (χ4n) is 2.41. The SMILES string of the molecule is CNC(=O)c1cccc(C(=O)NC(C)c2cc3cc(F)ccc3o2)n1. The average molecular weight is 341 g/mol. The molecule has 0 saturated carbocycles. The molecule has 1 atom stereocenters. The molecule has 0 aliphatic carbocycles. The summed E-state index contributed by atoms with van der Waals surface area (Å²) in [5, 5.41) is 5.83. The van der Waals surface area contributed by atoms with Crippen molar-refractivity contribution in [2.24, 2.45) is 0 Å². The Morgan fingerprint density at radius 3 is 2.56 bits per heavy atom. The van der Waals surface area contributed by atoms with Gasteiger partial charge in [0.2, 0.25) is 0 Å². The van der Waals surface area contributed by atoms with Gasteiger partial charge >= 0.3 is 0 Å². The van der Waals surface area contributed by atoms with Gasteiger partial charge in [0, 0.05) is 12.4 Å². The van der Waals surface area contributed by atoms with Crippen molar-refractivity contribution in [1.82, 2.24) is 15.6 Å². The number of rotatable bonds is 4. The number of nitrogens with zero attached hydrogens (tertiary/aromatic N) is 1. The van der Waals surface area contributed by atoms with Gasteiger partial charge in [0.25, 0.3) is 11.8 Å². The summed E-state index contributed by atoms with van der Waals surface area (Å²) in [6.07, 6.45) is 0. The summed E-state index contributed by atoms with van der Waals surface area (Å²) in [6, 6.07) is 10.1. The molecule has 25 heavy (non-hydrogen) atoms. The van der Waals surface area contributed by atoms with Crippen LogP contribution in [-0.4, -0.2) is 23.8 Å². The molecule has 0 aliphatic rings. The van der Waals surface area contributed by atoms with Crippen LogP contribution in [0.4, 0.5) is 4.39 Å². The van der Waals surface area contributed by atoms with Gasteiger partial charge in [-0.15, -0.1) is 0 Å². The number of carbonyl (C=O) groups is 2. The fraction of sp³-hybridized carbons (Fsp3) is 0.167. The highest BCUT2D eigenvalue weighted by Gasteiger charge is 2.17. The van der Waals surface area contributed by atoms with E-state index in [1.807, 2.05) is 0 Å².